The van der Waals surface area contributed by atoms with Crippen molar-refractivity contribution in [2.75, 3.05) is 7.05 Å². The Hall–Kier alpha value is -0.0400. The molecule has 0 amide bonds. The van der Waals surface area contributed by atoms with Gasteiger partial charge in [-0.2, -0.15) is 0 Å². The molecule has 0 saturated heterocycles. The molecule has 66 valence electrons. The SMILES string of the molecule is CN[C@H]1CCCCCC[C@@H]1C. The summed E-state index contributed by atoms with van der Waals surface area (Å²) in [6.07, 6.45) is 8.59. The zero-order valence-electron chi connectivity index (χ0n) is 7.90. The van der Waals surface area contributed by atoms with Gasteiger partial charge in [-0.25, -0.2) is 0 Å². The van der Waals surface area contributed by atoms with Crippen molar-refractivity contribution in [3.05, 3.63) is 0 Å². The average Bonchev–Trinajstić information content (AvgIpc) is 1.98. The highest BCUT2D eigenvalue weighted by molar-refractivity contribution is 4.73. The van der Waals surface area contributed by atoms with E-state index in [2.05, 4.69) is 19.3 Å². The minimum absolute atomic E-state index is 0.787. The maximum absolute atomic E-state index is 3.42. The molecule has 0 aromatic carbocycles. The van der Waals surface area contributed by atoms with E-state index < -0.39 is 0 Å². The predicted octanol–water partition coefficient (Wildman–Crippen LogP) is 2.56. The van der Waals surface area contributed by atoms with E-state index in [0.717, 1.165) is 12.0 Å². The molecule has 1 N–H and O–H groups in total. The molecule has 1 heteroatoms. The van der Waals surface area contributed by atoms with Gasteiger partial charge in [0.05, 0.1) is 0 Å². The van der Waals surface area contributed by atoms with Crippen LogP contribution in [0.25, 0.3) is 0 Å². The van der Waals surface area contributed by atoms with E-state index >= 15 is 0 Å². The van der Waals surface area contributed by atoms with Crippen molar-refractivity contribution in [1.82, 2.24) is 5.32 Å². The second-order valence-corrected chi connectivity index (χ2v) is 3.86. The first-order valence-corrected chi connectivity index (χ1v) is 5.02. The smallest absolute Gasteiger partial charge is 0.00896 e. The Balaban J connectivity index is 2.33. The molecule has 1 saturated carbocycles. The van der Waals surface area contributed by atoms with Crippen LogP contribution < -0.4 is 5.32 Å². The summed E-state index contributed by atoms with van der Waals surface area (Å²) >= 11 is 0. The van der Waals surface area contributed by atoms with Gasteiger partial charge >= 0.3 is 0 Å². The minimum atomic E-state index is 0.787. The van der Waals surface area contributed by atoms with Crippen LogP contribution in [0, 0.1) is 5.92 Å². The highest BCUT2D eigenvalue weighted by atomic mass is 14.9. The van der Waals surface area contributed by atoms with Crippen molar-refractivity contribution < 1.29 is 0 Å². The van der Waals surface area contributed by atoms with E-state index in [1.165, 1.54) is 38.5 Å². The lowest BCUT2D eigenvalue weighted by molar-refractivity contribution is 0.316. The molecule has 1 fully saturated rings. The van der Waals surface area contributed by atoms with Gasteiger partial charge in [0.1, 0.15) is 0 Å². The van der Waals surface area contributed by atoms with Gasteiger partial charge in [0.2, 0.25) is 0 Å². The fourth-order valence-corrected chi connectivity index (χ4v) is 2.10. The van der Waals surface area contributed by atoms with Crippen LogP contribution in [0.15, 0.2) is 0 Å². The Kier molecular flexibility index (Phi) is 3.92. The van der Waals surface area contributed by atoms with Crippen LogP contribution >= 0.6 is 0 Å². The maximum Gasteiger partial charge on any atom is 0.00896 e. The minimum Gasteiger partial charge on any atom is -0.317 e. The summed E-state index contributed by atoms with van der Waals surface area (Å²) in [6, 6.07) is 0.787. The molecule has 0 heterocycles. The van der Waals surface area contributed by atoms with Crippen LogP contribution in [0.5, 0.6) is 0 Å². The molecule has 1 nitrogen and oxygen atoms in total. The second kappa shape index (κ2) is 4.76. The Morgan fingerprint density at radius 1 is 1.00 bits per heavy atom. The van der Waals surface area contributed by atoms with Gasteiger partial charge < -0.3 is 5.32 Å². The summed E-state index contributed by atoms with van der Waals surface area (Å²) < 4.78 is 0. The molecule has 11 heavy (non-hydrogen) atoms. The van der Waals surface area contributed by atoms with E-state index in [0.29, 0.717) is 0 Å². The van der Waals surface area contributed by atoms with Crippen LogP contribution in [0.2, 0.25) is 0 Å². The van der Waals surface area contributed by atoms with Crippen LogP contribution in [-0.4, -0.2) is 13.1 Å². The molecular formula is C10H21N. The first kappa shape index (κ1) is 9.05. The van der Waals surface area contributed by atoms with Crippen LogP contribution in [0.4, 0.5) is 0 Å². The summed E-state index contributed by atoms with van der Waals surface area (Å²) in [5, 5.41) is 3.42. The van der Waals surface area contributed by atoms with Crippen LogP contribution in [0.3, 0.4) is 0 Å². The first-order chi connectivity index (χ1) is 5.34. The Morgan fingerprint density at radius 2 is 1.64 bits per heavy atom. The molecule has 0 aliphatic heterocycles. The molecular weight excluding hydrogens is 134 g/mol. The molecule has 1 aliphatic rings. The fourth-order valence-electron chi connectivity index (χ4n) is 2.10. The van der Waals surface area contributed by atoms with Gasteiger partial charge in [-0.05, 0) is 25.8 Å². The summed E-state index contributed by atoms with van der Waals surface area (Å²) in [5.74, 6) is 0.889. The van der Waals surface area contributed by atoms with Crippen molar-refractivity contribution in [3.8, 4) is 0 Å². The molecule has 1 aliphatic carbocycles. The van der Waals surface area contributed by atoms with Gasteiger partial charge in [-0.3, -0.25) is 0 Å². The molecule has 0 bridgehead atoms. The van der Waals surface area contributed by atoms with Crippen molar-refractivity contribution >= 4 is 0 Å². The summed E-state index contributed by atoms with van der Waals surface area (Å²) in [6.45, 7) is 2.38. The molecule has 0 unspecified atom stereocenters. The maximum atomic E-state index is 3.42. The Bertz CT molecular complexity index is 101. The monoisotopic (exact) mass is 155 g/mol. The molecule has 0 aromatic heterocycles. The predicted molar refractivity (Wildman–Crippen MR) is 49.7 cm³/mol. The lowest BCUT2D eigenvalue weighted by Crippen LogP contribution is -2.32. The van der Waals surface area contributed by atoms with Crippen LogP contribution in [0.1, 0.15) is 45.4 Å². The van der Waals surface area contributed by atoms with E-state index in [1.807, 2.05) is 0 Å². The third kappa shape index (κ3) is 2.82. The van der Waals surface area contributed by atoms with Gasteiger partial charge in [-0.1, -0.05) is 32.6 Å². The largest absolute Gasteiger partial charge is 0.317 e. The number of rotatable bonds is 1. The normalized spacial score (nSPS) is 34.4. The average molecular weight is 155 g/mol. The lowest BCUT2D eigenvalue weighted by atomic mass is 9.88. The Morgan fingerprint density at radius 3 is 2.27 bits per heavy atom. The first-order valence-electron chi connectivity index (χ1n) is 5.02. The Labute approximate surface area is 70.6 Å². The van der Waals surface area contributed by atoms with Crippen molar-refractivity contribution in [2.24, 2.45) is 5.92 Å². The third-order valence-corrected chi connectivity index (χ3v) is 2.98. The molecule has 1 rings (SSSR count). The van der Waals surface area contributed by atoms with E-state index in [1.54, 1.807) is 0 Å². The van der Waals surface area contributed by atoms with Gasteiger partial charge in [-0.15, -0.1) is 0 Å². The topological polar surface area (TPSA) is 12.0 Å². The summed E-state index contributed by atoms with van der Waals surface area (Å²) in [4.78, 5) is 0. The van der Waals surface area contributed by atoms with E-state index in [-0.39, 0.29) is 0 Å². The third-order valence-electron chi connectivity index (χ3n) is 2.98. The van der Waals surface area contributed by atoms with Crippen molar-refractivity contribution in [3.63, 3.8) is 0 Å². The van der Waals surface area contributed by atoms with Crippen molar-refractivity contribution in [2.45, 2.75) is 51.5 Å². The molecule has 2 atom stereocenters. The van der Waals surface area contributed by atoms with Crippen molar-refractivity contribution in [1.29, 1.82) is 0 Å². The van der Waals surface area contributed by atoms with Gasteiger partial charge in [0.15, 0.2) is 0 Å². The van der Waals surface area contributed by atoms with Gasteiger partial charge in [0, 0.05) is 6.04 Å². The zero-order valence-corrected chi connectivity index (χ0v) is 7.90. The van der Waals surface area contributed by atoms with E-state index in [9.17, 15) is 0 Å². The molecule has 0 aromatic rings. The van der Waals surface area contributed by atoms with E-state index in [4.69, 9.17) is 0 Å². The van der Waals surface area contributed by atoms with Gasteiger partial charge in [0.25, 0.3) is 0 Å². The standard InChI is InChI=1S/C10H21N/c1-9-7-5-3-4-6-8-10(9)11-2/h9-11H,3-8H2,1-2H3/t9-,10-/m0/s1. The van der Waals surface area contributed by atoms with Crippen LogP contribution in [-0.2, 0) is 0 Å². The fraction of sp³-hybridized carbons (Fsp3) is 1.00. The number of hydrogen-bond donors (Lipinski definition) is 1. The second-order valence-electron chi connectivity index (χ2n) is 3.86. The molecule has 0 spiro atoms. The quantitative estimate of drug-likeness (QED) is 0.613. The molecule has 0 radical (unpaired) electrons. The lowest BCUT2D eigenvalue weighted by Gasteiger charge is -2.25. The number of nitrogens with one attached hydrogen (secondary N) is 1. The summed E-state index contributed by atoms with van der Waals surface area (Å²) in [7, 11) is 2.10. The zero-order chi connectivity index (χ0) is 8.10. The number of hydrogen-bond acceptors (Lipinski definition) is 1. The highest BCUT2D eigenvalue weighted by Gasteiger charge is 2.16. The highest BCUT2D eigenvalue weighted by Crippen LogP contribution is 2.21. The summed E-state index contributed by atoms with van der Waals surface area (Å²) in [5.41, 5.74) is 0.